The lowest BCUT2D eigenvalue weighted by Crippen LogP contribution is -2.40. The van der Waals surface area contributed by atoms with E-state index in [1.807, 2.05) is 0 Å². The van der Waals surface area contributed by atoms with Crippen LogP contribution in [0.2, 0.25) is 0 Å². The average molecular weight is 257 g/mol. The zero-order chi connectivity index (χ0) is 12.5. The van der Waals surface area contributed by atoms with Crippen LogP contribution in [0.5, 0.6) is 0 Å². The summed E-state index contributed by atoms with van der Waals surface area (Å²) in [6.07, 6.45) is 2.68. The number of aromatic nitrogens is 1. The van der Waals surface area contributed by atoms with Gasteiger partial charge in [0.2, 0.25) is 0 Å². The lowest BCUT2D eigenvalue weighted by Gasteiger charge is -2.28. The third kappa shape index (κ3) is 2.70. The van der Waals surface area contributed by atoms with Gasteiger partial charge in [0.05, 0.1) is 28.3 Å². The van der Waals surface area contributed by atoms with Crippen molar-refractivity contribution in [3.05, 3.63) is 28.6 Å². The van der Waals surface area contributed by atoms with Crippen LogP contribution >= 0.6 is 0 Å². The molecule has 1 fully saturated rings. The molecular formula is C9H11N3O4S. The van der Waals surface area contributed by atoms with Crippen molar-refractivity contribution >= 4 is 21.2 Å². The van der Waals surface area contributed by atoms with Gasteiger partial charge in [0.25, 0.3) is 5.69 Å². The molecule has 8 heteroatoms. The van der Waals surface area contributed by atoms with E-state index in [-0.39, 0.29) is 17.2 Å². The Morgan fingerprint density at radius 3 is 2.53 bits per heavy atom. The highest BCUT2D eigenvalue weighted by Gasteiger charge is 2.22. The Kier molecular flexibility index (Phi) is 2.97. The van der Waals surface area contributed by atoms with Gasteiger partial charge in [0.15, 0.2) is 9.84 Å². The molecular weight excluding hydrogens is 246 g/mol. The number of nitro groups is 1. The molecule has 0 aliphatic carbocycles. The van der Waals surface area contributed by atoms with Gasteiger partial charge in [-0.3, -0.25) is 15.1 Å². The first kappa shape index (κ1) is 11.8. The summed E-state index contributed by atoms with van der Waals surface area (Å²) in [6.45, 7) is 0.705. The van der Waals surface area contributed by atoms with Gasteiger partial charge >= 0.3 is 0 Å². The predicted octanol–water partition coefficient (Wildman–Crippen LogP) is 0.225. The molecule has 7 nitrogen and oxygen atoms in total. The van der Waals surface area contributed by atoms with Gasteiger partial charge in [0.1, 0.15) is 6.20 Å². The van der Waals surface area contributed by atoms with Crippen LogP contribution in [0, 0.1) is 10.1 Å². The molecule has 17 heavy (non-hydrogen) atoms. The summed E-state index contributed by atoms with van der Waals surface area (Å²) in [5.41, 5.74) is 0.505. The topological polar surface area (TPSA) is 93.4 Å². The van der Waals surface area contributed by atoms with Gasteiger partial charge in [-0.15, -0.1) is 0 Å². The summed E-state index contributed by atoms with van der Waals surface area (Å²) in [4.78, 5) is 15.7. The van der Waals surface area contributed by atoms with Gasteiger partial charge in [-0.2, -0.15) is 0 Å². The minimum Gasteiger partial charge on any atom is -0.368 e. The highest BCUT2D eigenvalue weighted by Crippen LogP contribution is 2.20. The van der Waals surface area contributed by atoms with E-state index in [2.05, 4.69) is 4.98 Å². The molecule has 0 unspecified atom stereocenters. The fourth-order valence-electron chi connectivity index (χ4n) is 1.66. The smallest absolute Gasteiger partial charge is 0.289 e. The van der Waals surface area contributed by atoms with Crippen LogP contribution in [-0.4, -0.2) is 42.9 Å². The van der Waals surface area contributed by atoms with Crippen LogP contribution in [0.3, 0.4) is 0 Å². The van der Waals surface area contributed by atoms with Gasteiger partial charge in [-0.05, 0) is 0 Å². The summed E-state index contributed by atoms with van der Waals surface area (Å²) in [5.74, 6) is 0.158. The Labute approximate surface area is 98.1 Å². The maximum atomic E-state index is 11.3. The highest BCUT2D eigenvalue weighted by molar-refractivity contribution is 7.91. The molecule has 1 aromatic rings. The van der Waals surface area contributed by atoms with Crippen LogP contribution in [0.25, 0.3) is 0 Å². The zero-order valence-electron chi connectivity index (χ0n) is 8.94. The van der Waals surface area contributed by atoms with Crippen molar-refractivity contribution in [2.75, 3.05) is 29.5 Å². The second-order valence-electron chi connectivity index (χ2n) is 3.80. The Bertz CT molecular complexity index is 529. The van der Waals surface area contributed by atoms with Crippen molar-refractivity contribution in [2.45, 2.75) is 0 Å². The summed E-state index contributed by atoms with van der Waals surface area (Å²) >= 11 is 0. The van der Waals surface area contributed by atoms with Crippen LogP contribution in [0.4, 0.5) is 11.4 Å². The first-order chi connectivity index (χ1) is 7.98. The SMILES string of the molecule is O=[N+]([O-])c1cncc(N2CCS(=O)(=O)CC2)c1. The van der Waals surface area contributed by atoms with Crippen molar-refractivity contribution in [1.82, 2.24) is 4.98 Å². The lowest BCUT2D eigenvalue weighted by atomic mass is 10.3. The quantitative estimate of drug-likeness (QED) is 0.556. The predicted molar refractivity (Wildman–Crippen MR) is 61.8 cm³/mol. The fourth-order valence-corrected chi connectivity index (χ4v) is 2.86. The Hall–Kier alpha value is -1.70. The first-order valence-corrected chi connectivity index (χ1v) is 6.85. The van der Waals surface area contributed by atoms with E-state index in [4.69, 9.17) is 0 Å². The molecule has 0 bridgehead atoms. The normalized spacial score (nSPS) is 18.9. The van der Waals surface area contributed by atoms with Crippen molar-refractivity contribution < 1.29 is 13.3 Å². The molecule has 92 valence electrons. The second kappa shape index (κ2) is 4.28. The molecule has 0 aromatic carbocycles. The van der Waals surface area contributed by atoms with Gasteiger partial charge in [-0.1, -0.05) is 0 Å². The van der Waals surface area contributed by atoms with E-state index in [1.165, 1.54) is 18.5 Å². The third-order valence-corrected chi connectivity index (χ3v) is 4.24. The molecule has 1 saturated heterocycles. The summed E-state index contributed by atoms with van der Waals surface area (Å²) in [6, 6.07) is 1.41. The molecule has 0 amide bonds. The Balaban J connectivity index is 2.18. The Morgan fingerprint density at radius 2 is 1.94 bits per heavy atom. The standard InChI is InChI=1S/C9H11N3O4S/c13-12(14)9-5-8(6-10-7-9)11-1-3-17(15,16)4-2-11/h5-7H,1-4H2. The lowest BCUT2D eigenvalue weighted by molar-refractivity contribution is -0.385. The number of rotatable bonds is 2. The second-order valence-corrected chi connectivity index (χ2v) is 6.10. The van der Waals surface area contributed by atoms with E-state index in [0.717, 1.165) is 0 Å². The van der Waals surface area contributed by atoms with Crippen molar-refractivity contribution in [1.29, 1.82) is 0 Å². The number of pyridine rings is 1. The number of hydrogen-bond acceptors (Lipinski definition) is 6. The molecule has 0 spiro atoms. The minimum absolute atomic E-state index is 0.0791. The highest BCUT2D eigenvalue weighted by atomic mass is 32.2. The van der Waals surface area contributed by atoms with E-state index in [1.54, 1.807) is 4.90 Å². The number of anilines is 1. The maximum Gasteiger partial charge on any atom is 0.289 e. The molecule has 1 aliphatic heterocycles. The van der Waals surface area contributed by atoms with Crippen LogP contribution in [0.1, 0.15) is 0 Å². The molecule has 1 aromatic heterocycles. The fraction of sp³-hybridized carbons (Fsp3) is 0.444. The number of hydrogen-bond donors (Lipinski definition) is 0. The largest absolute Gasteiger partial charge is 0.368 e. The molecule has 0 saturated carbocycles. The molecule has 0 radical (unpaired) electrons. The molecule has 0 N–H and O–H groups in total. The van der Waals surface area contributed by atoms with E-state index < -0.39 is 14.8 Å². The number of nitrogens with zero attached hydrogens (tertiary/aromatic N) is 3. The van der Waals surface area contributed by atoms with E-state index in [9.17, 15) is 18.5 Å². The minimum atomic E-state index is -2.95. The van der Waals surface area contributed by atoms with Gasteiger partial charge < -0.3 is 4.90 Å². The first-order valence-electron chi connectivity index (χ1n) is 5.03. The van der Waals surface area contributed by atoms with E-state index in [0.29, 0.717) is 18.8 Å². The Morgan fingerprint density at radius 1 is 1.29 bits per heavy atom. The molecule has 0 atom stereocenters. The van der Waals surface area contributed by atoms with Gasteiger partial charge in [0, 0.05) is 19.2 Å². The monoisotopic (exact) mass is 257 g/mol. The van der Waals surface area contributed by atoms with Crippen LogP contribution < -0.4 is 4.90 Å². The van der Waals surface area contributed by atoms with Crippen LogP contribution in [-0.2, 0) is 9.84 Å². The summed E-state index contributed by atoms with van der Waals surface area (Å²) < 4.78 is 22.5. The molecule has 1 aliphatic rings. The maximum absolute atomic E-state index is 11.3. The molecule has 2 rings (SSSR count). The van der Waals surface area contributed by atoms with Crippen molar-refractivity contribution in [3.63, 3.8) is 0 Å². The average Bonchev–Trinajstić information content (AvgIpc) is 2.29. The van der Waals surface area contributed by atoms with E-state index >= 15 is 0 Å². The third-order valence-electron chi connectivity index (χ3n) is 2.63. The van der Waals surface area contributed by atoms with Crippen molar-refractivity contribution in [3.8, 4) is 0 Å². The molecule has 2 heterocycles. The number of sulfone groups is 1. The van der Waals surface area contributed by atoms with Gasteiger partial charge in [-0.25, -0.2) is 8.42 Å². The summed E-state index contributed by atoms with van der Waals surface area (Å²) in [7, 11) is -2.95. The zero-order valence-corrected chi connectivity index (χ0v) is 9.76. The van der Waals surface area contributed by atoms with Crippen LogP contribution in [0.15, 0.2) is 18.5 Å². The summed E-state index contributed by atoms with van der Waals surface area (Å²) in [5, 5.41) is 10.6. The van der Waals surface area contributed by atoms with Crippen molar-refractivity contribution in [2.24, 2.45) is 0 Å².